The van der Waals surface area contributed by atoms with Gasteiger partial charge in [0.2, 0.25) is 0 Å². The topological polar surface area (TPSA) is 70.0 Å². The molecule has 124 valence electrons. The zero-order valence-electron chi connectivity index (χ0n) is 13.7. The molecule has 0 aliphatic carbocycles. The van der Waals surface area contributed by atoms with E-state index in [4.69, 9.17) is 4.42 Å². The number of furan rings is 1. The van der Waals surface area contributed by atoms with E-state index in [1.807, 2.05) is 43.6 Å². The van der Waals surface area contributed by atoms with E-state index >= 15 is 0 Å². The Morgan fingerprint density at radius 1 is 1.33 bits per heavy atom. The Hall–Kier alpha value is -2.60. The molecule has 1 aliphatic rings. The standard InChI is InChI=1S/C18H21N5O/c1-13-5-6-16(24-13)18-14(11-21-22-18)10-20-15-7-9-23(12-15)17-4-2-3-8-19-17/h2-6,8,11,15,20H,7,9-10,12H2,1H3,(H,21,22)/t15-/m0/s1. The van der Waals surface area contributed by atoms with Crippen molar-refractivity contribution in [3.8, 4) is 11.5 Å². The summed E-state index contributed by atoms with van der Waals surface area (Å²) in [5.41, 5.74) is 2.08. The van der Waals surface area contributed by atoms with Gasteiger partial charge in [0.1, 0.15) is 17.3 Å². The van der Waals surface area contributed by atoms with Gasteiger partial charge < -0.3 is 14.6 Å². The number of aromatic nitrogens is 3. The molecule has 0 amide bonds. The van der Waals surface area contributed by atoms with Crippen molar-refractivity contribution >= 4 is 5.82 Å². The van der Waals surface area contributed by atoms with Crippen molar-refractivity contribution < 1.29 is 4.42 Å². The maximum absolute atomic E-state index is 5.70. The number of nitrogens with zero attached hydrogens (tertiary/aromatic N) is 3. The average Bonchev–Trinajstić information content (AvgIpc) is 3.34. The highest BCUT2D eigenvalue weighted by molar-refractivity contribution is 5.56. The zero-order valence-corrected chi connectivity index (χ0v) is 13.7. The summed E-state index contributed by atoms with van der Waals surface area (Å²) in [4.78, 5) is 6.76. The van der Waals surface area contributed by atoms with Crippen molar-refractivity contribution in [2.75, 3.05) is 18.0 Å². The minimum absolute atomic E-state index is 0.452. The lowest BCUT2D eigenvalue weighted by molar-refractivity contribution is 0.538. The molecule has 6 nitrogen and oxygen atoms in total. The number of hydrogen-bond donors (Lipinski definition) is 2. The fraction of sp³-hybridized carbons (Fsp3) is 0.333. The van der Waals surface area contributed by atoms with E-state index in [1.165, 1.54) is 0 Å². The van der Waals surface area contributed by atoms with Crippen LogP contribution in [0, 0.1) is 6.92 Å². The summed E-state index contributed by atoms with van der Waals surface area (Å²) in [6.07, 6.45) is 4.83. The van der Waals surface area contributed by atoms with Crippen LogP contribution in [0.3, 0.4) is 0 Å². The van der Waals surface area contributed by atoms with Crippen LogP contribution in [-0.2, 0) is 6.54 Å². The van der Waals surface area contributed by atoms with Crippen LogP contribution >= 0.6 is 0 Å². The summed E-state index contributed by atoms with van der Waals surface area (Å²) in [6.45, 7) is 4.73. The molecule has 0 aromatic carbocycles. The minimum Gasteiger partial charge on any atom is -0.460 e. The van der Waals surface area contributed by atoms with Crippen molar-refractivity contribution in [1.29, 1.82) is 0 Å². The third-order valence-electron chi connectivity index (χ3n) is 4.45. The molecule has 1 fully saturated rings. The van der Waals surface area contributed by atoms with Crippen molar-refractivity contribution in [2.24, 2.45) is 0 Å². The molecule has 4 rings (SSSR count). The Kier molecular flexibility index (Phi) is 4.04. The number of nitrogens with one attached hydrogen (secondary N) is 2. The first-order valence-electron chi connectivity index (χ1n) is 8.28. The quantitative estimate of drug-likeness (QED) is 0.755. The van der Waals surface area contributed by atoms with Gasteiger partial charge in [-0.2, -0.15) is 5.10 Å². The molecule has 6 heteroatoms. The van der Waals surface area contributed by atoms with Gasteiger partial charge in [-0.1, -0.05) is 6.07 Å². The summed E-state index contributed by atoms with van der Waals surface area (Å²) in [7, 11) is 0. The molecule has 3 aromatic rings. The third kappa shape index (κ3) is 3.05. The molecule has 24 heavy (non-hydrogen) atoms. The van der Waals surface area contributed by atoms with Crippen molar-refractivity contribution in [1.82, 2.24) is 20.5 Å². The van der Waals surface area contributed by atoms with Gasteiger partial charge in [-0.05, 0) is 37.6 Å². The first kappa shape index (κ1) is 15.0. The summed E-state index contributed by atoms with van der Waals surface area (Å²) < 4.78 is 5.70. The lowest BCUT2D eigenvalue weighted by Gasteiger charge is -2.17. The molecule has 1 atom stereocenters. The van der Waals surface area contributed by atoms with Gasteiger partial charge in [0.25, 0.3) is 0 Å². The minimum atomic E-state index is 0.452. The molecular weight excluding hydrogens is 302 g/mol. The van der Waals surface area contributed by atoms with Crippen LogP contribution in [0.25, 0.3) is 11.5 Å². The van der Waals surface area contributed by atoms with Crippen molar-refractivity contribution in [3.63, 3.8) is 0 Å². The Labute approximate surface area is 140 Å². The predicted molar refractivity (Wildman–Crippen MR) is 92.7 cm³/mol. The van der Waals surface area contributed by atoms with Crippen LogP contribution in [0.1, 0.15) is 17.7 Å². The molecular formula is C18H21N5O. The van der Waals surface area contributed by atoms with E-state index in [2.05, 4.69) is 31.5 Å². The highest BCUT2D eigenvalue weighted by Crippen LogP contribution is 2.24. The number of aryl methyl sites for hydroxylation is 1. The second-order valence-electron chi connectivity index (χ2n) is 6.18. The first-order valence-corrected chi connectivity index (χ1v) is 8.28. The molecule has 1 saturated heterocycles. The number of hydrogen-bond acceptors (Lipinski definition) is 5. The summed E-state index contributed by atoms with van der Waals surface area (Å²) in [5.74, 6) is 2.79. The number of aromatic amines is 1. The number of rotatable bonds is 5. The molecule has 0 spiro atoms. The van der Waals surface area contributed by atoms with Crippen LogP contribution in [0.4, 0.5) is 5.82 Å². The number of H-pyrrole nitrogens is 1. The van der Waals surface area contributed by atoms with E-state index in [9.17, 15) is 0 Å². The molecule has 0 bridgehead atoms. The molecule has 1 aliphatic heterocycles. The average molecular weight is 323 g/mol. The lowest BCUT2D eigenvalue weighted by Crippen LogP contribution is -2.32. The highest BCUT2D eigenvalue weighted by Gasteiger charge is 2.23. The van der Waals surface area contributed by atoms with Crippen LogP contribution in [0.5, 0.6) is 0 Å². The van der Waals surface area contributed by atoms with E-state index in [0.717, 1.165) is 54.7 Å². The Bertz CT molecular complexity index is 795. The summed E-state index contributed by atoms with van der Waals surface area (Å²) >= 11 is 0. The molecule has 0 saturated carbocycles. The highest BCUT2D eigenvalue weighted by atomic mass is 16.3. The lowest BCUT2D eigenvalue weighted by atomic mass is 10.2. The van der Waals surface area contributed by atoms with Crippen molar-refractivity contribution in [2.45, 2.75) is 25.9 Å². The first-order chi connectivity index (χ1) is 11.8. The monoisotopic (exact) mass is 323 g/mol. The zero-order chi connectivity index (χ0) is 16.4. The van der Waals surface area contributed by atoms with E-state index in [-0.39, 0.29) is 0 Å². The maximum Gasteiger partial charge on any atom is 0.152 e. The second kappa shape index (κ2) is 6.49. The normalized spacial score (nSPS) is 17.5. The van der Waals surface area contributed by atoms with Gasteiger partial charge in [-0.25, -0.2) is 4.98 Å². The Morgan fingerprint density at radius 3 is 3.08 bits per heavy atom. The third-order valence-corrected chi connectivity index (χ3v) is 4.45. The molecule has 2 N–H and O–H groups in total. The van der Waals surface area contributed by atoms with Gasteiger partial charge in [0.05, 0.1) is 6.20 Å². The van der Waals surface area contributed by atoms with E-state index in [1.54, 1.807) is 0 Å². The largest absolute Gasteiger partial charge is 0.460 e. The molecule has 0 unspecified atom stereocenters. The summed E-state index contributed by atoms with van der Waals surface area (Å²) in [6, 6.07) is 10.4. The van der Waals surface area contributed by atoms with Gasteiger partial charge in [0, 0.05) is 37.4 Å². The Morgan fingerprint density at radius 2 is 2.29 bits per heavy atom. The fourth-order valence-electron chi connectivity index (χ4n) is 3.16. The van der Waals surface area contributed by atoms with E-state index in [0.29, 0.717) is 6.04 Å². The van der Waals surface area contributed by atoms with Gasteiger partial charge in [0.15, 0.2) is 5.76 Å². The van der Waals surface area contributed by atoms with Gasteiger partial charge in [-0.3, -0.25) is 5.10 Å². The summed E-state index contributed by atoms with van der Waals surface area (Å²) in [5, 5.41) is 10.8. The van der Waals surface area contributed by atoms with Gasteiger partial charge >= 0.3 is 0 Å². The molecule has 4 heterocycles. The smallest absolute Gasteiger partial charge is 0.152 e. The Balaban J connectivity index is 1.38. The number of pyridine rings is 1. The molecule has 3 aromatic heterocycles. The second-order valence-corrected chi connectivity index (χ2v) is 6.18. The van der Waals surface area contributed by atoms with Crippen molar-refractivity contribution in [3.05, 3.63) is 54.0 Å². The number of anilines is 1. The molecule has 0 radical (unpaired) electrons. The van der Waals surface area contributed by atoms with Crippen LogP contribution < -0.4 is 10.2 Å². The SMILES string of the molecule is Cc1ccc(-c2[nH]ncc2CN[C@H]2CCN(c3ccccn3)C2)o1. The van der Waals surface area contributed by atoms with Gasteiger partial charge in [-0.15, -0.1) is 0 Å². The fourth-order valence-corrected chi connectivity index (χ4v) is 3.16. The predicted octanol–water partition coefficient (Wildman–Crippen LogP) is 2.74. The van der Waals surface area contributed by atoms with E-state index < -0.39 is 0 Å². The maximum atomic E-state index is 5.70. The van der Waals surface area contributed by atoms with Crippen LogP contribution in [0.2, 0.25) is 0 Å². The van der Waals surface area contributed by atoms with Crippen LogP contribution in [-0.4, -0.2) is 34.3 Å². The van der Waals surface area contributed by atoms with Crippen LogP contribution in [0.15, 0.2) is 47.1 Å².